The van der Waals surface area contributed by atoms with Gasteiger partial charge in [-0.2, -0.15) is 5.26 Å². The van der Waals surface area contributed by atoms with Crippen LogP contribution in [0.1, 0.15) is 36.6 Å². The molecule has 2 aliphatic rings. The summed E-state index contributed by atoms with van der Waals surface area (Å²) in [5.41, 5.74) is 5.15. The van der Waals surface area contributed by atoms with Gasteiger partial charge in [-0.15, -0.1) is 0 Å². The van der Waals surface area contributed by atoms with E-state index in [2.05, 4.69) is 69.7 Å². The van der Waals surface area contributed by atoms with Crippen molar-refractivity contribution in [2.75, 3.05) is 43.4 Å². The first-order chi connectivity index (χ1) is 15.5. The summed E-state index contributed by atoms with van der Waals surface area (Å²) in [6.07, 6.45) is 3.87. The second-order valence-corrected chi connectivity index (χ2v) is 9.10. The number of nitrogens with one attached hydrogen (secondary N) is 1. The molecule has 1 saturated heterocycles. The van der Waals surface area contributed by atoms with Gasteiger partial charge < -0.3 is 20.2 Å². The Balaban J connectivity index is 1.47. The van der Waals surface area contributed by atoms with Crippen molar-refractivity contribution in [1.29, 1.82) is 5.26 Å². The number of hydrogen-bond acceptors (Lipinski definition) is 6. The Kier molecular flexibility index (Phi) is 6.69. The largest absolute Gasteiger partial charge is 0.376 e. The van der Waals surface area contributed by atoms with Gasteiger partial charge in [-0.05, 0) is 47.5 Å². The molecule has 0 spiro atoms. The van der Waals surface area contributed by atoms with E-state index in [1.165, 1.54) is 11.1 Å². The summed E-state index contributed by atoms with van der Waals surface area (Å²) in [6, 6.07) is 17.1. The minimum Gasteiger partial charge on any atom is -0.376 e. The van der Waals surface area contributed by atoms with E-state index in [9.17, 15) is 10.4 Å². The maximum Gasteiger partial charge on any atom is 0.126 e. The van der Waals surface area contributed by atoms with Crippen LogP contribution in [0.3, 0.4) is 0 Å². The lowest BCUT2D eigenvalue weighted by Crippen LogP contribution is -2.47. The summed E-state index contributed by atoms with van der Waals surface area (Å²) >= 11 is 0. The molecular weight excluding hydrogens is 398 g/mol. The summed E-state index contributed by atoms with van der Waals surface area (Å²) in [7, 11) is 2.12. The molecule has 2 unspecified atom stereocenters. The second-order valence-electron chi connectivity index (χ2n) is 9.10. The van der Waals surface area contributed by atoms with Crippen molar-refractivity contribution in [3.8, 4) is 6.07 Å². The van der Waals surface area contributed by atoms with Gasteiger partial charge in [-0.3, -0.25) is 4.90 Å². The monoisotopic (exact) mass is 431 g/mol. The van der Waals surface area contributed by atoms with E-state index in [1.54, 1.807) is 0 Å². The number of piperazine rings is 1. The van der Waals surface area contributed by atoms with Crippen molar-refractivity contribution in [1.82, 2.24) is 9.80 Å². The number of fused-ring (bicyclic) bond motifs is 1. The third kappa shape index (κ3) is 4.74. The molecule has 6 heteroatoms. The first-order valence-corrected chi connectivity index (χ1v) is 11.4. The molecule has 0 saturated carbocycles. The maximum atomic E-state index is 10.1. The van der Waals surface area contributed by atoms with Crippen LogP contribution in [0.4, 0.5) is 11.4 Å². The molecule has 0 aromatic heterocycles. The van der Waals surface area contributed by atoms with Gasteiger partial charge in [-0.1, -0.05) is 38.1 Å². The molecule has 4 rings (SSSR count). The van der Waals surface area contributed by atoms with Crippen LogP contribution in [0.2, 0.25) is 0 Å². The van der Waals surface area contributed by atoms with Crippen molar-refractivity contribution >= 4 is 11.4 Å². The molecule has 0 aliphatic carbocycles. The Morgan fingerprint density at radius 2 is 1.84 bits per heavy atom. The standard InChI is InChI=1S/C26H33N5O/c1-19(2)26(32)28-22-8-9-24(21(16-22)17-27)30-12-14-31(15-13-30)25-10-11-29(3)18-20-6-4-5-7-23(20)25/h4-11,16,19,25-26,28,32H,12-15,18H2,1-3H3. The predicted molar refractivity (Wildman–Crippen MR) is 129 cm³/mol. The minimum atomic E-state index is -0.634. The molecular formula is C26H33N5O. The lowest BCUT2D eigenvalue weighted by Gasteiger charge is -2.40. The van der Waals surface area contributed by atoms with Gasteiger partial charge in [0, 0.05) is 45.5 Å². The zero-order chi connectivity index (χ0) is 22.7. The molecule has 2 N–H and O–H groups in total. The summed E-state index contributed by atoms with van der Waals surface area (Å²) in [4.78, 5) is 7.07. The first-order valence-electron chi connectivity index (χ1n) is 11.4. The van der Waals surface area contributed by atoms with E-state index in [1.807, 2.05) is 32.0 Å². The lowest BCUT2D eigenvalue weighted by atomic mass is 9.99. The van der Waals surface area contributed by atoms with Crippen molar-refractivity contribution < 1.29 is 5.11 Å². The lowest BCUT2D eigenvalue weighted by molar-refractivity contribution is 0.153. The van der Waals surface area contributed by atoms with Crippen LogP contribution >= 0.6 is 0 Å². The molecule has 2 aliphatic heterocycles. The Hall–Kier alpha value is -3.01. The fraction of sp³-hybridized carbons (Fsp3) is 0.423. The number of hydrogen-bond donors (Lipinski definition) is 2. The van der Waals surface area contributed by atoms with Crippen LogP contribution in [0.15, 0.2) is 54.7 Å². The number of aliphatic hydroxyl groups is 1. The molecule has 2 aromatic carbocycles. The first kappa shape index (κ1) is 22.2. The van der Waals surface area contributed by atoms with Crippen LogP contribution in [0, 0.1) is 17.2 Å². The van der Waals surface area contributed by atoms with Gasteiger partial charge in [0.1, 0.15) is 12.3 Å². The minimum absolute atomic E-state index is 0.0937. The average Bonchev–Trinajstić information content (AvgIpc) is 2.97. The molecule has 2 heterocycles. The van der Waals surface area contributed by atoms with Crippen LogP contribution in [0.25, 0.3) is 0 Å². The number of anilines is 2. The van der Waals surface area contributed by atoms with Gasteiger partial charge in [0.2, 0.25) is 0 Å². The summed E-state index contributed by atoms with van der Waals surface area (Å²) in [6.45, 7) is 8.46. The van der Waals surface area contributed by atoms with Gasteiger partial charge in [0.05, 0.1) is 17.3 Å². The molecule has 0 bridgehead atoms. The molecule has 168 valence electrons. The topological polar surface area (TPSA) is 65.8 Å². The molecule has 0 radical (unpaired) electrons. The highest BCUT2D eigenvalue weighted by molar-refractivity contribution is 5.65. The van der Waals surface area contributed by atoms with Crippen LogP contribution < -0.4 is 10.2 Å². The molecule has 2 atom stereocenters. The molecule has 0 amide bonds. The van der Waals surface area contributed by atoms with Crippen molar-refractivity contribution in [2.24, 2.45) is 5.92 Å². The number of rotatable bonds is 5. The van der Waals surface area contributed by atoms with E-state index >= 15 is 0 Å². The van der Waals surface area contributed by atoms with Crippen LogP contribution in [-0.4, -0.2) is 54.4 Å². The number of aliphatic hydroxyl groups excluding tert-OH is 1. The maximum absolute atomic E-state index is 10.1. The Morgan fingerprint density at radius 1 is 1.09 bits per heavy atom. The van der Waals surface area contributed by atoms with Crippen molar-refractivity contribution in [3.63, 3.8) is 0 Å². The quantitative estimate of drug-likeness (QED) is 0.703. The van der Waals surface area contributed by atoms with Crippen molar-refractivity contribution in [3.05, 3.63) is 71.4 Å². The highest BCUT2D eigenvalue weighted by Gasteiger charge is 2.27. The SMILES string of the molecule is CC(C)C(O)Nc1ccc(N2CCN(C3C=CN(C)Cc4ccccc43)CC2)c(C#N)c1. The Labute approximate surface area is 191 Å². The van der Waals surface area contributed by atoms with Crippen molar-refractivity contribution in [2.45, 2.75) is 32.7 Å². The van der Waals surface area contributed by atoms with Gasteiger partial charge in [-0.25, -0.2) is 0 Å². The molecule has 2 aromatic rings. The van der Waals surface area contributed by atoms with E-state index in [4.69, 9.17) is 0 Å². The number of nitriles is 1. The Morgan fingerprint density at radius 3 is 2.56 bits per heavy atom. The second kappa shape index (κ2) is 9.64. The fourth-order valence-corrected chi connectivity index (χ4v) is 4.51. The molecule has 32 heavy (non-hydrogen) atoms. The van der Waals surface area contributed by atoms with E-state index in [0.717, 1.165) is 44.1 Å². The highest BCUT2D eigenvalue weighted by atomic mass is 16.3. The zero-order valence-corrected chi connectivity index (χ0v) is 19.2. The summed E-state index contributed by atoms with van der Waals surface area (Å²) in [5, 5.41) is 22.9. The van der Waals surface area contributed by atoms with Gasteiger partial charge >= 0.3 is 0 Å². The summed E-state index contributed by atoms with van der Waals surface area (Å²) in [5.74, 6) is 0.0937. The fourth-order valence-electron chi connectivity index (χ4n) is 4.51. The van der Waals surface area contributed by atoms with E-state index < -0.39 is 6.23 Å². The Bertz CT molecular complexity index is 1000. The van der Waals surface area contributed by atoms with Gasteiger partial charge in [0.25, 0.3) is 0 Å². The van der Waals surface area contributed by atoms with Gasteiger partial charge in [0.15, 0.2) is 0 Å². The predicted octanol–water partition coefficient (Wildman–Crippen LogP) is 3.77. The average molecular weight is 432 g/mol. The van der Waals surface area contributed by atoms with E-state index in [0.29, 0.717) is 5.56 Å². The summed E-state index contributed by atoms with van der Waals surface area (Å²) < 4.78 is 0. The van der Waals surface area contributed by atoms with Crippen LogP contribution in [-0.2, 0) is 6.54 Å². The number of nitrogens with zero attached hydrogens (tertiary/aromatic N) is 4. The zero-order valence-electron chi connectivity index (χ0n) is 19.2. The molecule has 6 nitrogen and oxygen atoms in total. The van der Waals surface area contributed by atoms with Crippen LogP contribution in [0.5, 0.6) is 0 Å². The highest BCUT2D eigenvalue weighted by Crippen LogP contribution is 2.31. The smallest absolute Gasteiger partial charge is 0.126 e. The third-order valence-corrected chi connectivity index (χ3v) is 6.43. The molecule has 1 fully saturated rings. The van der Waals surface area contributed by atoms with E-state index in [-0.39, 0.29) is 12.0 Å². The number of benzene rings is 2. The third-order valence-electron chi connectivity index (χ3n) is 6.43. The normalized spacial score (nSPS) is 19.9.